The molecule has 7 rings (SSSR count). The van der Waals surface area contributed by atoms with Crippen LogP contribution in [0, 0.1) is 41.3 Å². The molecule has 2 aromatic carbocycles. The summed E-state index contributed by atoms with van der Waals surface area (Å²) in [6, 6.07) is 10.8. The Morgan fingerprint density at radius 1 is 1.20 bits per heavy atom. The van der Waals surface area contributed by atoms with Crippen molar-refractivity contribution < 1.29 is 33.7 Å². The van der Waals surface area contributed by atoms with E-state index in [0.717, 1.165) is 18.4 Å². The zero-order chi connectivity index (χ0) is 31.9. The number of aryl methyl sites for hydroxylation is 1. The molecule has 0 spiro atoms. The predicted molar refractivity (Wildman–Crippen MR) is 166 cm³/mol. The van der Waals surface area contributed by atoms with Crippen molar-refractivity contribution in [2.45, 2.75) is 77.1 Å². The van der Waals surface area contributed by atoms with Gasteiger partial charge < -0.3 is 30.7 Å². The highest BCUT2D eigenvalue weighted by molar-refractivity contribution is 6.01. The lowest BCUT2D eigenvalue weighted by atomic mass is 9.46. The van der Waals surface area contributed by atoms with Gasteiger partial charge in [-0.05, 0) is 74.3 Å². The molecule has 4 fully saturated rings. The Morgan fingerprint density at radius 3 is 2.73 bits per heavy atom. The van der Waals surface area contributed by atoms with Gasteiger partial charge in [0.25, 0.3) is 0 Å². The van der Waals surface area contributed by atoms with E-state index in [-0.39, 0.29) is 42.1 Å². The summed E-state index contributed by atoms with van der Waals surface area (Å²) in [6.07, 6.45) is 4.81. The molecule has 4 aliphatic carbocycles. The molecular formula is C36H41FN2O6. The van der Waals surface area contributed by atoms with Gasteiger partial charge in [-0.2, -0.15) is 0 Å². The van der Waals surface area contributed by atoms with Gasteiger partial charge in [-0.25, -0.2) is 4.39 Å². The Kier molecular flexibility index (Phi) is 7.13. The number of hydrogen-bond acceptors (Lipinski definition) is 8. The van der Waals surface area contributed by atoms with Gasteiger partial charge in [0, 0.05) is 34.4 Å². The average molecular weight is 617 g/mol. The maximum Gasteiger partial charge on any atom is 0.193 e. The van der Waals surface area contributed by atoms with E-state index in [9.17, 15) is 19.8 Å². The summed E-state index contributed by atoms with van der Waals surface area (Å²) in [5, 5.41) is 25.3. The summed E-state index contributed by atoms with van der Waals surface area (Å²) in [5.74, 6) is -1.17. The average Bonchev–Trinajstić information content (AvgIpc) is 3.50. The van der Waals surface area contributed by atoms with E-state index in [1.807, 2.05) is 31.2 Å². The number of para-hydroxylation sites is 2. The van der Waals surface area contributed by atoms with E-state index >= 15 is 4.39 Å². The van der Waals surface area contributed by atoms with Crippen molar-refractivity contribution in [3.8, 4) is 0 Å². The minimum Gasteiger partial charge on any atom is -0.397 e. The third kappa shape index (κ3) is 4.24. The highest BCUT2D eigenvalue weighted by atomic mass is 19.1. The number of anilines is 2. The second-order valence-electron chi connectivity index (χ2n) is 14.0. The van der Waals surface area contributed by atoms with Crippen LogP contribution in [0.2, 0.25) is 0 Å². The molecule has 3 saturated carbocycles. The van der Waals surface area contributed by atoms with Gasteiger partial charge in [0.15, 0.2) is 23.5 Å². The van der Waals surface area contributed by atoms with Crippen LogP contribution in [0.25, 0.3) is 0 Å². The molecule has 8 nitrogen and oxygen atoms in total. The lowest BCUT2D eigenvalue weighted by molar-refractivity contribution is -0.201. The lowest BCUT2D eigenvalue weighted by Gasteiger charge is -2.59. The van der Waals surface area contributed by atoms with Crippen molar-refractivity contribution in [3.05, 3.63) is 82.7 Å². The van der Waals surface area contributed by atoms with Crippen molar-refractivity contribution in [3.63, 3.8) is 0 Å². The maximum absolute atomic E-state index is 16.3. The molecule has 45 heavy (non-hydrogen) atoms. The smallest absolute Gasteiger partial charge is 0.193 e. The molecule has 238 valence electrons. The van der Waals surface area contributed by atoms with Crippen LogP contribution >= 0.6 is 0 Å². The van der Waals surface area contributed by atoms with Crippen LogP contribution in [-0.2, 0) is 25.6 Å². The number of nitrogens with two attached hydrogens (primary N) is 1. The molecule has 1 heterocycles. The minimum absolute atomic E-state index is 0.0293. The number of aliphatic hydroxyl groups excluding tert-OH is 2. The number of rotatable bonds is 6. The molecule has 0 amide bonds. The Labute approximate surface area is 262 Å². The summed E-state index contributed by atoms with van der Waals surface area (Å²) in [7, 11) is 0. The SMILES string of the molecule is Cc1ccc(CNc2ccccc2N)c(F)c1[C@@H]1O[C@@H]2C[C@H]3[C@@H]4CCC5=CC(=O)C=C[C@]5(C)[C@H]4[C@@H](O)C[C@]3(C)[C@]2(C(=O)CO)O1. The number of nitrogens with one attached hydrogen (secondary N) is 1. The first kappa shape index (κ1) is 30.3. The number of ether oxygens (including phenoxy) is 2. The Morgan fingerprint density at radius 2 is 1.98 bits per heavy atom. The Hall–Kier alpha value is -3.37. The molecule has 0 aromatic heterocycles. The molecule has 9 heteroatoms. The minimum atomic E-state index is -1.55. The Balaban J connectivity index is 1.22. The fourth-order valence-electron chi connectivity index (χ4n) is 9.82. The molecule has 9 atom stereocenters. The molecular weight excluding hydrogens is 575 g/mol. The third-order valence-electron chi connectivity index (χ3n) is 11.9. The van der Waals surface area contributed by atoms with Crippen LogP contribution in [0.3, 0.4) is 0 Å². The summed E-state index contributed by atoms with van der Waals surface area (Å²) in [6.45, 7) is 5.27. The van der Waals surface area contributed by atoms with Gasteiger partial charge in [0.05, 0.1) is 23.6 Å². The molecule has 1 saturated heterocycles. The number of carbonyl (C=O) groups is 2. The zero-order valence-electron chi connectivity index (χ0n) is 25.9. The first-order valence-electron chi connectivity index (χ1n) is 15.9. The molecule has 0 radical (unpaired) electrons. The van der Waals surface area contributed by atoms with Crippen LogP contribution in [0.1, 0.15) is 62.5 Å². The van der Waals surface area contributed by atoms with Crippen molar-refractivity contribution >= 4 is 22.9 Å². The Bertz CT molecular complexity index is 1640. The first-order valence-corrected chi connectivity index (χ1v) is 15.9. The first-order chi connectivity index (χ1) is 21.4. The molecule has 0 bridgehead atoms. The van der Waals surface area contributed by atoms with Crippen molar-refractivity contribution in [2.75, 3.05) is 17.7 Å². The molecule has 1 aliphatic heterocycles. The fourth-order valence-corrected chi connectivity index (χ4v) is 9.82. The molecule has 0 unspecified atom stereocenters. The summed E-state index contributed by atoms with van der Waals surface area (Å²) in [5.41, 5.74) is 6.70. The van der Waals surface area contributed by atoms with Gasteiger partial charge in [0.1, 0.15) is 12.4 Å². The third-order valence-corrected chi connectivity index (χ3v) is 11.9. The van der Waals surface area contributed by atoms with E-state index in [4.69, 9.17) is 15.2 Å². The maximum atomic E-state index is 16.3. The normalized spacial score (nSPS) is 38.2. The highest BCUT2D eigenvalue weighted by Crippen LogP contribution is 2.70. The van der Waals surface area contributed by atoms with Crippen LogP contribution in [-0.4, -0.2) is 46.2 Å². The molecule has 5 aliphatic rings. The van der Waals surface area contributed by atoms with Crippen LogP contribution in [0.15, 0.2) is 60.2 Å². The molecule has 5 N–H and O–H groups in total. The second kappa shape index (κ2) is 10.6. The number of aliphatic hydroxyl groups is 2. The van der Waals surface area contributed by atoms with E-state index in [0.29, 0.717) is 28.9 Å². The summed E-state index contributed by atoms with van der Waals surface area (Å²) < 4.78 is 29.5. The lowest BCUT2D eigenvalue weighted by Crippen LogP contribution is -2.63. The fraction of sp³-hybridized carbons (Fsp3) is 0.500. The zero-order valence-corrected chi connectivity index (χ0v) is 25.9. The number of benzene rings is 2. The van der Waals surface area contributed by atoms with Crippen LogP contribution in [0.4, 0.5) is 15.8 Å². The van der Waals surface area contributed by atoms with E-state index in [1.165, 1.54) is 0 Å². The standard InChI is InChI=1S/C36H41FN2O6/c1-19-8-9-20(17-39-26-7-5-4-6-25(26)38)32(37)30(19)33-44-29-15-24-23-11-10-21-14-22(41)12-13-34(21,2)31(23)27(42)16-35(24,3)36(29,45-33)28(43)18-40/h4-9,12-14,23-24,27,29,31,33,39-40,42H,10-11,15-18,38H2,1-3H3/t23-,24-,27-,29+,31+,33+,34-,35-,36+/m0/s1. The van der Waals surface area contributed by atoms with E-state index < -0.39 is 53.1 Å². The van der Waals surface area contributed by atoms with Gasteiger partial charge in [-0.1, -0.05) is 49.8 Å². The van der Waals surface area contributed by atoms with Gasteiger partial charge in [0.2, 0.25) is 0 Å². The monoisotopic (exact) mass is 616 g/mol. The van der Waals surface area contributed by atoms with Crippen molar-refractivity contribution in [1.29, 1.82) is 0 Å². The number of allylic oxidation sites excluding steroid dienone is 4. The highest BCUT2D eigenvalue weighted by Gasteiger charge is 2.76. The number of carbonyl (C=O) groups excluding carboxylic acids is 2. The summed E-state index contributed by atoms with van der Waals surface area (Å²) >= 11 is 0. The number of nitrogen functional groups attached to an aromatic ring is 1. The quantitative estimate of drug-likeness (QED) is 0.336. The predicted octanol–water partition coefficient (Wildman–Crippen LogP) is 4.93. The number of fused-ring (bicyclic) bond motifs is 7. The van der Waals surface area contributed by atoms with Gasteiger partial charge >= 0.3 is 0 Å². The number of halogens is 1. The largest absolute Gasteiger partial charge is 0.397 e. The van der Waals surface area contributed by atoms with Gasteiger partial charge in [-0.15, -0.1) is 0 Å². The topological polar surface area (TPSA) is 131 Å². The van der Waals surface area contributed by atoms with Gasteiger partial charge in [-0.3, -0.25) is 9.59 Å². The second-order valence-corrected chi connectivity index (χ2v) is 14.0. The van der Waals surface area contributed by atoms with Crippen LogP contribution in [0.5, 0.6) is 0 Å². The number of hydrogen-bond donors (Lipinski definition) is 4. The van der Waals surface area contributed by atoms with Crippen molar-refractivity contribution in [2.24, 2.45) is 28.6 Å². The van der Waals surface area contributed by atoms with E-state index in [1.54, 1.807) is 37.3 Å². The number of ketones is 2. The van der Waals surface area contributed by atoms with Crippen LogP contribution < -0.4 is 11.1 Å². The number of Topliss-reactive ketones (excluding diaryl/α,β-unsaturated/α-hetero) is 1. The summed E-state index contributed by atoms with van der Waals surface area (Å²) in [4.78, 5) is 26.1. The molecule has 2 aromatic rings. The van der Waals surface area contributed by atoms with Crippen molar-refractivity contribution in [1.82, 2.24) is 0 Å². The van der Waals surface area contributed by atoms with E-state index in [2.05, 4.69) is 12.2 Å².